The Balaban J connectivity index is 1.95. The molecule has 0 spiro atoms. The third-order valence-corrected chi connectivity index (χ3v) is 5.29. The van der Waals surface area contributed by atoms with Gasteiger partial charge in [-0.1, -0.05) is 59.2 Å². The van der Waals surface area contributed by atoms with E-state index in [1.54, 1.807) is 42.5 Å². The average molecular weight is 477 g/mol. The van der Waals surface area contributed by atoms with Crippen molar-refractivity contribution in [3.63, 3.8) is 0 Å². The standard InChI is InChI=1S/C24H20ClF3N2O3/c1-33-21-12-11-19(25)15-20(21)30(23(31)22(29-32)17-5-3-2-4-6-17)14-13-16-7-9-18(10-8-16)24(26,27)28/h2-12,15,22H,13-14H2,1H3. The molecule has 172 valence electrons. The van der Waals surface area contributed by atoms with Crippen molar-refractivity contribution >= 4 is 23.2 Å². The molecule has 33 heavy (non-hydrogen) atoms. The number of carbonyl (C=O) groups excluding carboxylic acids is 1. The molecule has 1 atom stereocenters. The highest BCUT2D eigenvalue weighted by Gasteiger charge is 2.31. The second-order valence-corrected chi connectivity index (χ2v) is 7.61. The molecule has 3 rings (SSSR count). The van der Waals surface area contributed by atoms with Crippen LogP contribution in [0.4, 0.5) is 18.9 Å². The topological polar surface area (TPSA) is 59.0 Å². The van der Waals surface area contributed by atoms with Gasteiger partial charge in [-0.25, -0.2) is 0 Å². The minimum atomic E-state index is -4.44. The van der Waals surface area contributed by atoms with E-state index in [1.807, 2.05) is 0 Å². The third kappa shape index (κ3) is 5.90. The predicted molar refractivity (Wildman–Crippen MR) is 120 cm³/mol. The van der Waals surface area contributed by atoms with Crippen LogP contribution in [0.5, 0.6) is 5.75 Å². The van der Waals surface area contributed by atoms with Crippen LogP contribution >= 0.6 is 11.6 Å². The molecule has 1 amide bonds. The number of methoxy groups -OCH3 is 1. The van der Waals surface area contributed by atoms with E-state index in [0.29, 0.717) is 27.6 Å². The van der Waals surface area contributed by atoms with E-state index in [1.165, 1.54) is 30.2 Å². The second kappa shape index (κ2) is 10.5. The highest BCUT2D eigenvalue weighted by atomic mass is 35.5. The molecule has 0 heterocycles. The van der Waals surface area contributed by atoms with Crippen LogP contribution in [0.3, 0.4) is 0 Å². The first-order chi connectivity index (χ1) is 15.7. The molecule has 0 aliphatic rings. The summed E-state index contributed by atoms with van der Waals surface area (Å²) in [6.07, 6.45) is -4.22. The molecule has 0 radical (unpaired) electrons. The fraction of sp³-hybridized carbons (Fsp3) is 0.208. The number of rotatable bonds is 8. The first kappa shape index (κ1) is 24.3. The summed E-state index contributed by atoms with van der Waals surface area (Å²) >= 11 is 6.15. The number of nitrogens with zero attached hydrogens (tertiary/aromatic N) is 2. The summed E-state index contributed by atoms with van der Waals surface area (Å²) in [7, 11) is 1.43. The highest BCUT2D eigenvalue weighted by molar-refractivity contribution is 6.31. The van der Waals surface area contributed by atoms with Crippen LogP contribution in [0.25, 0.3) is 0 Å². The van der Waals surface area contributed by atoms with E-state index in [2.05, 4.69) is 5.18 Å². The highest BCUT2D eigenvalue weighted by Crippen LogP contribution is 2.34. The lowest BCUT2D eigenvalue weighted by molar-refractivity contribution is -0.137. The zero-order valence-electron chi connectivity index (χ0n) is 17.6. The van der Waals surface area contributed by atoms with Crippen LogP contribution in [0.1, 0.15) is 22.7 Å². The van der Waals surface area contributed by atoms with Crippen molar-refractivity contribution in [2.75, 3.05) is 18.6 Å². The molecule has 0 fully saturated rings. The molecule has 3 aromatic rings. The summed E-state index contributed by atoms with van der Waals surface area (Å²) in [4.78, 5) is 26.4. The molecule has 0 saturated carbocycles. The molecular formula is C24H20ClF3N2O3. The lowest BCUT2D eigenvalue weighted by Crippen LogP contribution is -2.36. The number of nitroso groups, excluding NO2 is 1. The van der Waals surface area contributed by atoms with Crippen molar-refractivity contribution in [1.82, 2.24) is 0 Å². The van der Waals surface area contributed by atoms with E-state index in [0.717, 1.165) is 12.1 Å². The molecule has 3 aromatic carbocycles. The molecule has 0 aliphatic carbocycles. The fourth-order valence-corrected chi connectivity index (χ4v) is 3.52. The van der Waals surface area contributed by atoms with E-state index in [9.17, 15) is 22.9 Å². The fourth-order valence-electron chi connectivity index (χ4n) is 3.36. The number of hydrogen-bond acceptors (Lipinski definition) is 4. The smallest absolute Gasteiger partial charge is 0.416 e. The van der Waals surface area contributed by atoms with Crippen LogP contribution in [-0.4, -0.2) is 19.6 Å². The van der Waals surface area contributed by atoms with Gasteiger partial charge in [0.1, 0.15) is 5.75 Å². The average Bonchev–Trinajstić information content (AvgIpc) is 2.80. The maximum atomic E-state index is 13.4. The number of benzene rings is 3. The lowest BCUT2D eigenvalue weighted by atomic mass is 10.0. The number of amides is 1. The number of alkyl halides is 3. The summed E-state index contributed by atoms with van der Waals surface area (Å²) in [5, 5.41) is 3.38. The summed E-state index contributed by atoms with van der Waals surface area (Å²) in [6.45, 7) is 0.0553. The van der Waals surface area contributed by atoms with Crippen LogP contribution in [-0.2, 0) is 17.4 Å². The van der Waals surface area contributed by atoms with Gasteiger partial charge in [-0.3, -0.25) is 4.79 Å². The van der Waals surface area contributed by atoms with Crippen molar-refractivity contribution in [2.24, 2.45) is 5.18 Å². The Morgan fingerprint density at radius 3 is 2.30 bits per heavy atom. The molecule has 9 heteroatoms. The summed E-state index contributed by atoms with van der Waals surface area (Å²) in [5.74, 6) is -0.262. The minimum Gasteiger partial charge on any atom is -0.495 e. The maximum Gasteiger partial charge on any atom is 0.416 e. The van der Waals surface area contributed by atoms with Gasteiger partial charge in [-0.15, -0.1) is 4.91 Å². The monoisotopic (exact) mass is 476 g/mol. The van der Waals surface area contributed by atoms with Crippen molar-refractivity contribution in [1.29, 1.82) is 0 Å². The summed E-state index contributed by atoms with van der Waals surface area (Å²) < 4.78 is 43.9. The van der Waals surface area contributed by atoms with Crippen LogP contribution < -0.4 is 9.64 Å². The van der Waals surface area contributed by atoms with Gasteiger partial charge in [0.25, 0.3) is 5.91 Å². The van der Waals surface area contributed by atoms with Crippen molar-refractivity contribution in [3.8, 4) is 5.75 Å². The molecule has 0 saturated heterocycles. The molecule has 0 bridgehead atoms. The zero-order chi connectivity index (χ0) is 24.0. The number of ether oxygens (including phenoxy) is 1. The summed E-state index contributed by atoms with van der Waals surface area (Å²) in [5.41, 5.74) is 0.562. The quantitative estimate of drug-likeness (QED) is 0.351. The minimum absolute atomic E-state index is 0.0553. The van der Waals surface area contributed by atoms with Gasteiger partial charge in [0.2, 0.25) is 0 Å². The van der Waals surface area contributed by atoms with E-state index in [4.69, 9.17) is 16.3 Å². The predicted octanol–water partition coefficient (Wildman–Crippen LogP) is 6.45. The Morgan fingerprint density at radius 1 is 1.06 bits per heavy atom. The Morgan fingerprint density at radius 2 is 1.73 bits per heavy atom. The van der Waals surface area contributed by atoms with Crippen LogP contribution in [0, 0.1) is 4.91 Å². The van der Waals surface area contributed by atoms with E-state index in [-0.39, 0.29) is 13.0 Å². The third-order valence-electron chi connectivity index (χ3n) is 5.06. The van der Waals surface area contributed by atoms with Crippen molar-refractivity contribution in [3.05, 3.63) is 99.4 Å². The maximum absolute atomic E-state index is 13.4. The Hall–Kier alpha value is -3.39. The number of carbonyl (C=O) groups is 1. The van der Waals surface area contributed by atoms with Gasteiger partial charge in [-0.05, 0) is 47.9 Å². The normalized spacial score (nSPS) is 12.2. The molecule has 0 aliphatic heterocycles. The lowest BCUT2D eigenvalue weighted by Gasteiger charge is -2.27. The Labute approximate surface area is 193 Å². The largest absolute Gasteiger partial charge is 0.495 e. The Bertz CT molecular complexity index is 1110. The second-order valence-electron chi connectivity index (χ2n) is 7.17. The number of anilines is 1. The van der Waals surface area contributed by atoms with Gasteiger partial charge in [-0.2, -0.15) is 13.2 Å². The molecule has 0 N–H and O–H groups in total. The number of hydrogen-bond donors (Lipinski definition) is 0. The van der Waals surface area contributed by atoms with Crippen LogP contribution in [0.15, 0.2) is 78.0 Å². The molecular weight excluding hydrogens is 457 g/mol. The van der Waals surface area contributed by atoms with E-state index < -0.39 is 23.7 Å². The zero-order valence-corrected chi connectivity index (χ0v) is 18.3. The van der Waals surface area contributed by atoms with Gasteiger partial charge < -0.3 is 9.64 Å². The van der Waals surface area contributed by atoms with Crippen molar-refractivity contribution in [2.45, 2.75) is 18.6 Å². The van der Waals surface area contributed by atoms with Crippen molar-refractivity contribution < 1.29 is 22.7 Å². The SMILES string of the molecule is COc1ccc(Cl)cc1N(CCc1ccc(C(F)(F)F)cc1)C(=O)C(N=O)c1ccccc1. The number of halogens is 4. The summed E-state index contributed by atoms with van der Waals surface area (Å²) in [6, 6.07) is 16.4. The molecule has 0 aromatic heterocycles. The van der Waals surface area contributed by atoms with Gasteiger partial charge in [0.05, 0.1) is 18.4 Å². The first-order valence-electron chi connectivity index (χ1n) is 9.93. The van der Waals surface area contributed by atoms with Gasteiger partial charge >= 0.3 is 6.18 Å². The molecule has 5 nitrogen and oxygen atoms in total. The van der Waals surface area contributed by atoms with Gasteiger partial charge in [0, 0.05) is 11.6 Å². The van der Waals surface area contributed by atoms with Gasteiger partial charge in [0.15, 0.2) is 6.04 Å². The van der Waals surface area contributed by atoms with Crippen LogP contribution in [0.2, 0.25) is 5.02 Å². The first-order valence-corrected chi connectivity index (χ1v) is 10.3. The van der Waals surface area contributed by atoms with E-state index >= 15 is 0 Å². The Kier molecular flexibility index (Phi) is 7.71. The molecule has 1 unspecified atom stereocenters.